The molecule has 158 valence electrons. The van der Waals surface area contributed by atoms with Gasteiger partial charge in [0, 0.05) is 29.4 Å². The highest BCUT2D eigenvalue weighted by atomic mass is 32.2. The third-order valence-electron chi connectivity index (χ3n) is 4.88. The Kier molecular flexibility index (Phi) is 7.69. The minimum Gasteiger partial charge on any atom is -0.357 e. The number of hydrogen-bond donors (Lipinski definition) is 2. The summed E-state index contributed by atoms with van der Waals surface area (Å²) in [6, 6.07) is 11.4. The number of rotatable bonds is 7. The molecule has 0 spiro atoms. The summed E-state index contributed by atoms with van der Waals surface area (Å²) in [6.45, 7) is 7.05. The van der Waals surface area contributed by atoms with Crippen LogP contribution in [-0.2, 0) is 23.1 Å². The van der Waals surface area contributed by atoms with E-state index in [0.29, 0.717) is 37.0 Å². The molecule has 0 saturated carbocycles. The van der Waals surface area contributed by atoms with Gasteiger partial charge in [-0.1, -0.05) is 24.6 Å². The summed E-state index contributed by atoms with van der Waals surface area (Å²) in [4.78, 5) is 7.53. The van der Waals surface area contributed by atoms with Crippen LogP contribution in [0.25, 0.3) is 0 Å². The van der Waals surface area contributed by atoms with E-state index >= 15 is 0 Å². The van der Waals surface area contributed by atoms with Gasteiger partial charge in [-0.3, -0.25) is 0 Å². The zero-order valence-electron chi connectivity index (χ0n) is 17.1. The number of aliphatic imine (C=N–C) groups is 1. The van der Waals surface area contributed by atoms with E-state index in [0.717, 1.165) is 31.4 Å². The molecular weight excluding hydrogens is 404 g/mol. The van der Waals surface area contributed by atoms with Crippen molar-refractivity contribution in [1.82, 2.24) is 14.9 Å². The van der Waals surface area contributed by atoms with Crippen molar-refractivity contribution in [1.29, 1.82) is 0 Å². The van der Waals surface area contributed by atoms with Crippen molar-refractivity contribution in [2.24, 2.45) is 4.99 Å². The maximum Gasteiger partial charge on any atom is 0.243 e. The molecule has 0 radical (unpaired) electrons. The highest BCUT2D eigenvalue weighted by molar-refractivity contribution is 7.89. The van der Waals surface area contributed by atoms with Crippen LogP contribution in [0, 0.1) is 6.92 Å². The molecule has 2 N–H and O–H groups in total. The Morgan fingerprint density at radius 1 is 1.10 bits per heavy atom. The minimum absolute atomic E-state index is 0.308. The Morgan fingerprint density at radius 2 is 1.86 bits per heavy atom. The lowest BCUT2D eigenvalue weighted by atomic mass is 10.2. The predicted octanol–water partition coefficient (Wildman–Crippen LogP) is 3.49. The van der Waals surface area contributed by atoms with Gasteiger partial charge in [0.2, 0.25) is 10.0 Å². The standard InChI is InChI=1S/C21H30N4O2S2/c1-3-22-21(24-16-19-12-11-17(2)28-19)23-15-18-9-5-6-10-20(18)29(26,27)25-13-7-4-8-14-25/h5-6,9-12H,3-4,7-8,13-16H2,1-2H3,(H2,22,23,24). The van der Waals surface area contributed by atoms with Crippen LogP contribution in [0.15, 0.2) is 46.3 Å². The smallest absolute Gasteiger partial charge is 0.243 e. The molecule has 0 bridgehead atoms. The number of hydrogen-bond acceptors (Lipinski definition) is 4. The van der Waals surface area contributed by atoms with Gasteiger partial charge in [0.05, 0.1) is 18.0 Å². The van der Waals surface area contributed by atoms with Crippen molar-refractivity contribution >= 4 is 27.3 Å². The normalized spacial score (nSPS) is 16.0. The van der Waals surface area contributed by atoms with E-state index in [1.165, 1.54) is 9.75 Å². The van der Waals surface area contributed by atoms with Crippen LogP contribution in [0.2, 0.25) is 0 Å². The first kappa shape index (κ1) is 21.8. The fourth-order valence-electron chi connectivity index (χ4n) is 3.39. The first-order valence-electron chi connectivity index (χ1n) is 10.2. The monoisotopic (exact) mass is 434 g/mol. The van der Waals surface area contributed by atoms with Gasteiger partial charge in [0.1, 0.15) is 0 Å². The Balaban J connectivity index is 1.75. The van der Waals surface area contributed by atoms with Crippen molar-refractivity contribution in [3.05, 3.63) is 51.7 Å². The van der Waals surface area contributed by atoms with Gasteiger partial charge in [-0.25, -0.2) is 13.4 Å². The highest BCUT2D eigenvalue weighted by Crippen LogP contribution is 2.24. The first-order valence-corrected chi connectivity index (χ1v) is 12.4. The average Bonchev–Trinajstić information content (AvgIpc) is 3.16. The van der Waals surface area contributed by atoms with E-state index in [1.54, 1.807) is 27.8 Å². The molecule has 1 aromatic carbocycles. The lowest BCUT2D eigenvalue weighted by molar-refractivity contribution is 0.346. The largest absolute Gasteiger partial charge is 0.357 e. The second kappa shape index (κ2) is 10.2. The minimum atomic E-state index is -3.48. The summed E-state index contributed by atoms with van der Waals surface area (Å²) in [5.74, 6) is 0.684. The lowest BCUT2D eigenvalue weighted by Crippen LogP contribution is -2.37. The number of piperidine rings is 1. The van der Waals surface area contributed by atoms with Gasteiger partial charge < -0.3 is 10.6 Å². The molecule has 2 heterocycles. The molecule has 2 aromatic rings. The second-order valence-corrected chi connectivity index (χ2v) is 10.4. The Bertz CT molecular complexity index is 932. The van der Waals surface area contributed by atoms with Gasteiger partial charge in [0.15, 0.2) is 5.96 Å². The third kappa shape index (κ3) is 5.81. The fourth-order valence-corrected chi connectivity index (χ4v) is 5.95. The Labute approximate surface area is 178 Å². The van der Waals surface area contributed by atoms with Crippen LogP contribution >= 0.6 is 11.3 Å². The molecule has 8 heteroatoms. The Hall–Kier alpha value is -1.90. The second-order valence-electron chi connectivity index (χ2n) is 7.13. The zero-order valence-corrected chi connectivity index (χ0v) is 18.8. The number of guanidine groups is 1. The van der Waals surface area contributed by atoms with Crippen LogP contribution in [0.5, 0.6) is 0 Å². The van der Waals surface area contributed by atoms with Crippen LogP contribution in [0.3, 0.4) is 0 Å². The van der Waals surface area contributed by atoms with Crippen molar-refractivity contribution < 1.29 is 8.42 Å². The third-order valence-corrected chi connectivity index (χ3v) is 7.88. The molecule has 6 nitrogen and oxygen atoms in total. The molecule has 1 saturated heterocycles. The summed E-state index contributed by atoms with van der Waals surface area (Å²) in [6.07, 6.45) is 2.95. The molecule has 1 fully saturated rings. The molecular formula is C21H30N4O2S2. The van der Waals surface area contributed by atoms with E-state index in [1.807, 2.05) is 19.1 Å². The Morgan fingerprint density at radius 3 is 2.55 bits per heavy atom. The molecule has 0 aliphatic carbocycles. The van der Waals surface area contributed by atoms with Crippen molar-refractivity contribution in [2.45, 2.75) is 51.1 Å². The van der Waals surface area contributed by atoms with Gasteiger partial charge in [0.25, 0.3) is 0 Å². The molecule has 1 aromatic heterocycles. The summed E-state index contributed by atoms with van der Waals surface area (Å²) in [5, 5.41) is 6.57. The molecule has 1 aliphatic rings. The molecule has 0 amide bonds. The van der Waals surface area contributed by atoms with Crippen LogP contribution in [0.4, 0.5) is 0 Å². The molecule has 3 rings (SSSR count). The van der Waals surface area contributed by atoms with Crippen LogP contribution in [0.1, 0.15) is 41.5 Å². The van der Waals surface area contributed by atoms with Crippen molar-refractivity contribution in [3.63, 3.8) is 0 Å². The van der Waals surface area contributed by atoms with Gasteiger partial charge in [-0.15, -0.1) is 11.3 Å². The number of benzene rings is 1. The summed E-state index contributed by atoms with van der Waals surface area (Å²) < 4.78 is 27.9. The fraction of sp³-hybridized carbons (Fsp3) is 0.476. The number of aryl methyl sites for hydroxylation is 1. The van der Waals surface area contributed by atoms with E-state index in [9.17, 15) is 8.42 Å². The van der Waals surface area contributed by atoms with Crippen LogP contribution < -0.4 is 10.6 Å². The van der Waals surface area contributed by atoms with E-state index in [4.69, 9.17) is 0 Å². The van der Waals surface area contributed by atoms with Crippen LogP contribution in [-0.4, -0.2) is 38.3 Å². The predicted molar refractivity (Wildman–Crippen MR) is 120 cm³/mol. The number of nitrogens with one attached hydrogen (secondary N) is 2. The highest BCUT2D eigenvalue weighted by Gasteiger charge is 2.27. The van der Waals surface area contributed by atoms with Crippen molar-refractivity contribution in [2.75, 3.05) is 19.6 Å². The van der Waals surface area contributed by atoms with Gasteiger partial charge >= 0.3 is 0 Å². The number of thiophene rings is 1. The molecule has 1 aliphatic heterocycles. The number of sulfonamides is 1. The van der Waals surface area contributed by atoms with E-state index in [2.05, 4.69) is 34.7 Å². The maximum absolute atomic E-state index is 13.1. The SMILES string of the molecule is CCNC(=NCc1ccccc1S(=O)(=O)N1CCCCC1)NCc1ccc(C)s1. The number of nitrogens with zero attached hydrogens (tertiary/aromatic N) is 2. The average molecular weight is 435 g/mol. The summed E-state index contributed by atoms with van der Waals surface area (Å²) >= 11 is 1.75. The summed E-state index contributed by atoms with van der Waals surface area (Å²) in [7, 11) is -3.48. The van der Waals surface area contributed by atoms with E-state index in [-0.39, 0.29) is 0 Å². The zero-order chi connectivity index (χ0) is 20.7. The molecule has 0 unspecified atom stereocenters. The summed E-state index contributed by atoms with van der Waals surface area (Å²) in [5.41, 5.74) is 0.724. The first-order chi connectivity index (χ1) is 14.0. The maximum atomic E-state index is 13.1. The van der Waals surface area contributed by atoms with Crippen molar-refractivity contribution in [3.8, 4) is 0 Å². The quantitative estimate of drug-likeness (QED) is 0.517. The molecule has 29 heavy (non-hydrogen) atoms. The van der Waals surface area contributed by atoms with Gasteiger partial charge in [-0.2, -0.15) is 4.31 Å². The molecule has 0 atom stereocenters. The lowest BCUT2D eigenvalue weighted by Gasteiger charge is -2.26. The van der Waals surface area contributed by atoms with E-state index < -0.39 is 10.0 Å². The van der Waals surface area contributed by atoms with Gasteiger partial charge in [-0.05, 0) is 50.5 Å². The topological polar surface area (TPSA) is 73.8 Å².